The van der Waals surface area contributed by atoms with E-state index in [0.29, 0.717) is 0 Å². The number of rotatable bonds is 0. The van der Waals surface area contributed by atoms with Crippen LogP contribution in [-0.4, -0.2) is 63.0 Å². The van der Waals surface area contributed by atoms with E-state index in [-0.39, 0.29) is 51.2 Å². The normalized spacial score (nSPS) is 6.00. The van der Waals surface area contributed by atoms with Crippen LogP contribution in [0.2, 0.25) is 0 Å². The Morgan fingerprint density at radius 3 is 0.600 bits per heavy atom. The molecule has 0 radical (unpaired) electrons. The minimum absolute atomic E-state index is 0. The van der Waals surface area contributed by atoms with Crippen LogP contribution in [-0.2, 0) is 16.4 Å². The van der Waals surface area contributed by atoms with Gasteiger partial charge in [-0.2, -0.15) is 0 Å². The molecule has 0 aromatic rings. The standard InChI is InChI=1S/2Al.H4O4Si.3O/c;;1-5(2,3)4;;;/h;;1-4H;;;/q2*+3;;3*-2. The van der Waals surface area contributed by atoms with Crippen molar-refractivity contribution in [2.45, 2.75) is 0 Å². The molecule has 0 aliphatic carbocycles. The zero-order valence-electron chi connectivity index (χ0n) is 4.67. The van der Waals surface area contributed by atoms with E-state index in [9.17, 15) is 0 Å². The van der Waals surface area contributed by atoms with Gasteiger partial charge >= 0.3 is 43.8 Å². The van der Waals surface area contributed by atoms with Crippen molar-refractivity contribution < 1.29 is 35.6 Å². The van der Waals surface area contributed by atoms with E-state index in [1.54, 1.807) is 0 Å². The predicted octanol–water partition coefficient (Wildman–Crippen LogP) is -3.73. The Kier molecular flexibility index (Phi) is 72.7. The maximum absolute atomic E-state index is 7.33. The molecule has 0 rings (SSSR count). The van der Waals surface area contributed by atoms with Crippen molar-refractivity contribution in [1.82, 2.24) is 0 Å². The smallest absolute Gasteiger partial charge is 2.00 e. The Balaban J connectivity index is -0.00000000800. The second-order valence-electron chi connectivity index (χ2n) is 0.600. The summed E-state index contributed by atoms with van der Waals surface area (Å²) in [7, 11) is -4.61. The molecule has 4 N–H and O–H groups in total. The molecule has 0 spiro atoms. The van der Waals surface area contributed by atoms with Gasteiger partial charge in [0.2, 0.25) is 0 Å². The van der Waals surface area contributed by atoms with E-state index < -0.39 is 9.05 Å². The fourth-order valence-electron chi connectivity index (χ4n) is 0. The monoisotopic (exact) mass is 198 g/mol. The molecule has 0 fully saturated rings. The first-order valence-corrected chi connectivity index (χ1v) is 2.68. The maximum atomic E-state index is 7.33. The Morgan fingerprint density at radius 2 is 0.600 bits per heavy atom. The van der Waals surface area contributed by atoms with Crippen LogP contribution >= 0.6 is 0 Å². The molecule has 0 aromatic carbocycles. The van der Waals surface area contributed by atoms with Gasteiger partial charge in [-0.15, -0.1) is 0 Å². The topological polar surface area (TPSA) is 166 Å². The molecule has 0 saturated carbocycles. The summed E-state index contributed by atoms with van der Waals surface area (Å²) < 4.78 is 0. The van der Waals surface area contributed by atoms with Crippen LogP contribution in [0.4, 0.5) is 0 Å². The van der Waals surface area contributed by atoms with Crippen LogP contribution in [0.3, 0.4) is 0 Å². The van der Waals surface area contributed by atoms with Crippen molar-refractivity contribution in [2.24, 2.45) is 0 Å². The molecule has 56 valence electrons. The van der Waals surface area contributed by atoms with Gasteiger partial charge in [-0.25, -0.2) is 0 Å². The SMILES string of the molecule is O[Si](O)(O)O.[Al+3].[Al+3].[O-2].[O-2].[O-2]. The summed E-state index contributed by atoms with van der Waals surface area (Å²) >= 11 is 0. The molecule has 0 aliphatic rings. The molecule has 10 heavy (non-hydrogen) atoms. The quantitative estimate of drug-likeness (QED) is 0.294. The van der Waals surface area contributed by atoms with Crippen LogP contribution in [0.1, 0.15) is 0 Å². The Labute approximate surface area is 79.6 Å². The first-order valence-electron chi connectivity index (χ1n) is 0.894. The molecule has 7 nitrogen and oxygen atoms in total. The molecule has 0 aliphatic heterocycles. The van der Waals surface area contributed by atoms with Gasteiger partial charge in [0, 0.05) is 0 Å². The van der Waals surface area contributed by atoms with Crippen LogP contribution in [0.25, 0.3) is 0 Å². The van der Waals surface area contributed by atoms with Crippen molar-refractivity contribution in [3.05, 3.63) is 0 Å². The van der Waals surface area contributed by atoms with Gasteiger partial charge in [-0.1, -0.05) is 0 Å². The minimum atomic E-state index is -4.61. The van der Waals surface area contributed by atoms with Gasteiger partial charge in [-0.3, -0.25) is 0 Å². The zero-order valence-corrected chi connectivity index (χ0v) is 7.98. The molecule has 0 amide bonds. The molecule has 0 atom stereocenters. The van der Waals surface area contributed by atoms with Gasteiger partial charge in [0.05, 0.1) is 0 Å². The second kappa shape index (κ2) is 16.5. The van der Waals surface area contributed by atoms with Crippen LogP contribution in [0, 0.1) is 0 Å². The third kappa shape index (κ3) is 574. The molecule has 0 saturated heterocycles. The fourth-order valence-corrected chi connectivity index (χ4v) is 0. The molecular weight excluding hydrogens is 194 g/mol. The van der Waals surface area contributed by atoms with Crippen molar-refractivity contribution in [3.8, 4) is 0 Å². The van der Waals surface area contributed by atoms with Crippen LogP contribution < -0.4 is 0 Å². The van der Waals surface area contributed by atoms with Crippen LogP contribution in [0.15, 0.2) is 0 Å². The predicted molar refractivity (Wildman–Crippen MR) is 28.2 cm³/mol. The van der Waals surface area contributed by atoms with Crippen LogP contribution in [0.5, 0.6) is 0 Å². The summed E-state index contributed by atoms with van der Waals surface area (Å²) in [5, 5.41) is 0. The third-order valence-electron chi connectivity index (χ3n) is 0. The largest absolute Gasteiger partial charge is 3.00 e. The van der Waals surface area contributed by atoms with E-state index in [4.69, 9.17) is 19.2 Å². The summed E-state index contributed by atoms with van der Waals surface area (Å²) in [5.74, 6) is 0. The Bertz CT molecular complexity index is 27.1. The zero-order chi connectivity index (χ0) is 4.50. The van der Waals surface area contributed by atoms with Crippen molar-refractivity contribution >= 4 is 43.8 Å². The summed E-state index contributed by atoms with van der Waals surface area (Å²) in [4.78, 5) is 29.3. The summed E-state index contributed by atoms with van der Waals surface area (Å²) in [6.07, 6.45) is 0. The Hall–Kier alpha value is 1.00. The second-order valence-corrected chi connectivity index (χ2v) is 1.80. The number of hydrogen-bond acceptors (Lipinski definition) is 4. The Morgan fingerprint density at radius 1 is 0.600 bits per heavy atom. The van der Waals surface area contributed by atoms with E-state index in [2.05, 4.69) is 0 Å². The van der Waals surface area contributed by atoms with Gasteiger partial charge in [0.1, 0.15) is 0 Å². The van der Waals surface area contributed by atoms with Crippen molar-refractivity contribution in [3.63, 3.8) is 0 Å². The van der Waals surface area contributed by atoms with Crippen molar-refractivity contribution in [1.29, 1.82) is 0 Å². The molecule has 0 bridgehead atoms. The molecular formula is H4Al2O7Si. The first kappa shape index (κ1) is 44.0. The summed E-state index contributed by atoms with van der Waals surface area (Å²) in [5.41, 5.74) is 0. The average molecular weight is 198 g/mol. The summed E-state index contributed by atoms with van der Waals surface area (Å²) in [6, 6.07) is 0. The molecule has 0 aromatic heterocycles. The van der Waals surface area contributed by atoms with Crippen molar-refractivity contribution in [2.75, 3.05) is 0 Å². The van der Waals surface area contributed by atoms with E-state index in [1.165, 1.54) is 0 Å². The molecule has 0 heterocycles. The maximum Gasteiger partial charge on any atom is 3.00 e. The van der Waals surface area contributed by atoms with E-state index in [1.807, 2.05) is 0 Å². The summed E-state index contributed by atoms with van der Waals surface area (Å²) in [6.45, 7) is 0. The van der Waals surface area contributed by atoms with Gasteiger partial charge in [0.25, 0.3) is 0 Å². The third-order valence-corrected chi connectivity index (χ3v) is 0. The van der Waals surface area contributed by atoms with Gasteiger partial charge < -0.3 is 35.6 Å². The minimum Gasteiger partial charge on any atom is -2.00 e. The fraction of sp³-hybridized carbons (Fsp3) is 0. The van der Waals surface area contributed by atoms with Gasteiger partial charge in [-0.05, 0) is 0 Å². The van der Waals surface area contributed by atoms with Gasteiger partial charge in [0.15, 0.2) is 0 Å². The number of hydrogen-bond donors (Lipinski definition) is 4. The average Bonchev–Trinajstić information content (AvgIpc) is 0.722. The molecule has 0 unspecified atom stereocenters. The van der Waals surface area contributed by atoms with E-state index in [0.717, 1.165) is 0 Å². The first-order chi connectivity index (χ1) is 2.00. The van der Waals surface area contributed by atoms with E-state index >= 15 is 0 Å². The molecule has 10 heteroatoms.